The van der Waals surface area contributed by atoms with Crippen molar-refractivity contribution < 1.29 is 9.53 Å². The Labute approximate surface area is 80.6 Å². The Morgan fingerprint density at radius 1 is 1.46 bits per heavy atom. The maximum Gasteiger partial charge on any atom is 0.306 e. The first kappa shape index (κ1) is 12.4. The van der Waals surface area contributed by atoms with E-state index in [1.165, 1.54) is 7.11 Å². The highest BCUT2D eigenvalue weighted by molar-refractivity contribution is 5.70. The quantitative estimate of drug-likeness (QED) is 0.666. The Kier molecular flexibility index (Phi) is 4.99. The molecule has 3 heteroatoms. The molecule has 13 heavy (non-hydrogen) atoms. The zero-order valence-corrected chi connectivity index (χ0v) is 9.09. The molecular formula is C10H21NO2. The third kappa shape index (κ3) is 2.99. The van der Waals surface area contributed by atoms with Crippen LogP contribution in [0.5, 0.6) is 0 Å². The number of hydrogen-bond donors (Lipinski definition) is 1. The molecular weight excluding hydrogens is 166 g/mol. The monoisotopic (exact) mass is 187 g/mol. The van der Waals surface area contributed by atoms with Crippen molar-refractivity contribution in [1.29, 1.82) is 0 Å². The molecule has 0 saturated carbocycles. The van der Waals surface area contributed by atoms with Gasteiger partial charge in [0.2, 0.25) is 0 Å². The Hall–Kier alpha value is -0.570. The van der Waals surface area contributed by atoms with E-state index in [9.17, 15) is 4.79 Å². The lowest BCUT2D eigenvalue weighted by atomic mass is 9.74. The summed E-state index contributed by atoms with van der Waals surface area (Å²) in [7, 11) is 1.42. The van der Waals surface area contributed by atoms with Crippen molar-refractivity contribution in [1.82, 2.24) is 0 Å². The second kappa shape index (κ2) is 5.22. The van der Waals surface area contributed by atoms with Gasteiger partial charge in [0.05, 0.1) is 13.5 Å². The van der Waals surface area contributed by atoms with Crippen LogP contribution in [0.3, 0.4) is 0 Å². The van der Waals surface area contributed by atoms with Crippen LogP contribution >= 0.6 is 0 Å². The highest BCUT2D eigenvalue weighted by Gasteiger charge is 2.33. The third-order valence-corrected chi connectivity index (χ3v) is 3.10. The van der Waals surface area contributed by atoms with Gasteiger partial charge in [-0.15, -0.1) is 0 Å². The van der Waals surface area contributed by atoms with Gasteiger partial charge in [-0.2, -0.15) is 0 Å². The van der Waals surface area contributed by atoms with Gasteiger partial charge in [-0.3, -0.25) is 4.79 Å². The molecule has 0 fully saturated rings. The lowest BCUT2D eigenvalue weighted by Crippen LogP contribution is -2.40. The molecule has 0 amide bonds. The first-order valence-corrected chi connectivity index (χ1v) is 4.84. The summed E-state index contributed by atoms with van der Waals surface area (Å²) < 4.78 is 4.67. The minimum absolute atomic E-state index is 0.0293. The van der Waals surface area contributed by atoms with Crippen molar-refractivity contribution in [3.63, 3.8) is 0 Å². The van der Waals surface area contributed by atoms with Crippen molar-refractivity contribution >= 4 is 5.97 Å². The van der Waals surface area contributed by atoms with Crippen molar-refractivity contribution in [3.8, 4) is 0 Å². The molecule has 3 nitrogen and oxygen atoms in total. The normalized spacial score (nSPS) is 13.9. The lowest BCUT2D eigenvalue weighted by Gasteiger charge is -2.34. The van der Waals surface area contributed by atoms with Gasteiger partial charge < -0.3 is 10.5 Å². The van der Waals surface area contributed by atoms with Crippen LogP contribution in [0.1, 0.15) is 40.0 Å². The molecule has 0 rings (SSSR count). The van der Waals surface area contributed by atoms with Crippen molar-refractivity contribution in [2.75, 3.05) is 7.11 Å². The average Bonchev–Trinajstić information content (AvgIpc) is 2.13. The van der Waals surface area contributed by atoms with Crippen molar-refractivity contribution in [2.45, 2.75) is 46.1 Å². The molecule has 1 atom stereocenters. The topological polar surface area (TPSA) is 52.3 Å². The fourth-order valence-corrected chi connectivity index (χ4v) is 1.66. The number of carbonyl (C=O) groups excluding carboxylic acids is 1. The Morgan fingerprint density at radius 2 is 1.92 bits per heavy atom. The van der Waals surface area contributed by atoms with E-state index in [4.69, 9.17) is 5.73 Å². The van der Waals surface area contributed by atoms with Crippen LogP contribution in [-0.2, 0) is 9.53 Å². The number of carbonyl (C=O) groups is 1. The summed E-state index contributed by atoms with van der Waals surface area (Å²) >= 11 is 0. The van der Waals surface area contributed by atoms with Crippen LogP contribution < -0.4 is 5.73 Å². The molecule has 0 aromatic heterocycles. The number of methoxy groups -OCH3 is 1. The number of rotatable bonds is 5. The molecule has 2 N–H and O–H groups in total. The van der Waals surface area contributed by atoms with E-state index in [2.05, 4.69) is 18.6 Å². The highest BCUT2D eigenvalue weighted by Crippen LogP contribution is 2.33. The summed E-state index contributed by atoms with van der Waals surface area (Å²) in [4.78, 5) is 11.2. The van der Waals surface area contributed by atoms with E-state index in [0.717, 1.165) is 12.8 Å². The van der Waals surface area contributed by atoms with E-state index in [1.807, 2.05) is 6.92 Å². The molecule has 0 bridgehead atoms. The van der Waals surface area contributed by atoms with Crippen LogP contribution in [-0.4, -0.2) is 19.1 Å². The molecule has 0 radical (unpaired) electrons. The van der Waals surface area contributed by atoms with E-state index < -0.39 is 0 Å². The molecule has 0 spiro atoms. The largest absolute Gasteiger partial charge is 0.469 e. The predicted molar refractivity (Wildman–Crippen MR) is 53.3 cm³/mol. The second-order valence-corrected chi connectivity index (χ2v) is 3.61. The Morgan fingerprint density at radius 3 is 2.15 bits per heavy atom. The molecule has 0 aliphatic carbocycles. The number of esters is 1. The van der Waals surface area contributed by atoms with Crippen LogP contribution in [0.2, 0.25) is 0 Å². The summed E-state index contributed by atoms with van der Waals surface area (Å²) in [6, 6.07) is 0.0293. The SMILES string of the molecule is CCC(CC)(CC(=O)OC)C(C)N. The average molecular weight is 187 g/mol. The standard InChI is InChI=1S/C10H21NO2/c1-5-10(6-2,8(3)11)7-9(12)13-4/h8H,5-7,11H2,1-4H3. The van der Waals surface area contributed by atoms with Gasteiger partial charge in [0.25, 0.3) is 0 Å². The molecule has 0 aliphatic heterocycles. The second-order valence-electron chi connectivity index (χ2n) is 3.61. The third-order valence-electron chi connectivity index (χ3n) is 3.10. The van der Waals surface area contributed by atoms with Gasteiger partial charge in [0, 0.05) is 6.04 Å². The smallest absolute Gasteiger partial charge is 0.306 e. The van der Waals surface area contributed by atoms with Gasteiger partial charge >= 0.3 is 5.97 Å². The van der Waals surface area contributed by atoms with Gasteiger partial charge in [0.15, 0.2) is 0 Å². The summed E-state index contributed by atoms with van der Waals surface area (Å²) in [5.41, 5.74) is 5.80. The van der Waals surface area contributed by atoms with Crippen molar-refractivity contribution in [3.05, 3.63) is 0 Å². The predicted octanol–water partition coefficient (Wildman–Crippen LogP) is 1.70. The molecule has 0 saturated heterocycles. The van der Waals surface area contributed by atoms with E-state index in [1.54, 1.807) is 0 Å². The summed E-state index contributed by atoms with van der Waals surface area (Å²) in [5.74, 6) is -0.166. The Bertz CT molecular complexity index is 162. The fraction of sp³-hybridized carbons (Fsp3) is 0.900. The van der Waals surface area contributed by atoms with Crippen LogP contribution in [0.15, 0.2) is 0 Å². The molecule has 78 valence electrons. The molecule has 0 heterocycles. The minimum Gasteiger partial charge on any atom is -0.469 e. The first-order valence-electron chi connectivity index (χ1n) is 4.84. The van der Waals surface area contributed by atoms with Gasteiger partial charge in [-0.05, 0) is 25.2 Å². The zero-order valence-electron chi connectivity index (χ0n) is 9.09. The first-order chi connectivity index (χ1) is 6.02. The zero-order chi connectivity index (χ0) is 10.5. The highest BCUT2D eigenvalue weighted by atomic mass is 16.5. The van der Waals surface area contributed by atoms with E-state index in [0.29, 0.717) is 6.42 Å². The summed E-state index contributed by atoms with van der Waals surface area (Å²) in [6.07, 6.45) is 2.25. The number of nitrogens with two attached hydrogens (primary N) is 1. The van der Waals surface area contributed by atoms with Gasteiger partial charge in [-0.25, -0.2) is 0 Å². The summed E-state index contributed by atoms with van der Waals surface area (Å²) in [6.45, 7) is 6.08. The summed E-state index contributed by atoms with van der Waals surface area (Å²) in [5, 5.41) is 0. The fourth-order valence-electron chi connectivity index (χ4n) is 1.66. The van der Waals surface area contributed by atoms with Gasteiger partial charge in [-0.1, -0.05) is 13.8 Å². The molecule has 0 aliphatic rings. The maximum absolute atomic E-state index is 11.2. The Balaban J connectivity index is 4.48. The van der Waals surface area contributed by atoms with Crippen LogP contribution in [0.4, 0.5) is 0 Å². The van der Waals surface area contributed by atoms with Crippen LogP contribution in [0, 0.1) is 5.41 Å². The lowest BCUT2D eigenvalue weighted by molar-refractivity contribution is -0.144. The van der Waals surface area contributed by atoms with Crippen LogP contribution in [0.25, 0.3) is 0 Å². The van der Waals surface area contributed by atoms with E-state index in [-0.39, 0.29) is 17.4 Å². The molecule has 1 unspecified atom stereocenters. The minimum atomic E-state index is -0.166. The molecule has 0 aromatic rings. The number of ether oxygens (including phenoxy) is 1. The maximum atomic E-state index is 11.2. The van der Waals surface area contributed by atoms with Crippen molar-refractivity contribution in [2.24, 2.45) is 11.1 Å². The van der Waals surface area contributed by atoms with Gasteiger partial charge in [0.1, 0.15) is 0 Å². The molecule has 0 aromatic carbocycles. The van der Waals surface area contributed by atoms with E-state index >= 15 is 0 Å². The number of hydrogen-bond acceptors (Lipinski definition) is 3.